The average Bonchev–Trinajstić information content (AvgIpc) is 3.19. The number of hydrogen-bond acceptors (Lipinski definition) is 4. The number of piperidine rings is 1. The third kappa shape index (κ3) is 3.05. The zero-order chi connectivity index (χ0) is 17.4. The molecule has 2 amide bonds. The molecule has 7 nitrogen and oxygen atoms in total. The topological polar surface area (TPSA) is 76.5 Å². The number of aryl methyl sites for hydroxylation is 1. The third-order valence-corrected chi connectivity index (χ3v) is 6.11. The van der Waals surface area contributed by atoms with E-state index in [1.54, 1.807) is 4.68 Å². The van der Waals surface area contributed by atoms with E-state index in [9.17, 15) is 9.59 Å². The maximum Gasteiger partial charge on any atom is 0.225 e. The zero-order valence-electron chi connectivity index (χ0n) is 14.7. The van der Waals surface area contributed by atoms with Crippen molar-refractivity contribution in [3.63, 3.8) is 0 Å². The van der Waals surface area contributed by atoms with Gasteiger partial charge in [0.05, 0.1) is 11.7 Å². The molecule has 3 aliphatic rings. The summed E-state index contributed by atoms with van der Waals surface area (Å²) < 4.78 is 7.15. The minimum absolute atomic E-state index is 0.107. The minimum atomic E-state index is -0.230. The quantitative estimate of drug-likeness (QED) is 0.860. The maximum atomic E-state index is 12.7. The van der Waals surface area contributed by atoms with Crippen LogP contribution in [-0.4, -0.2) is 58.3 Å². The van der Waals surface area contributed by atoms with E-state index in [0.29, 0.717) is 32.7 Å². The number of amides is 2. The van der Waals surface area contributed by atoms with Gasteiger partial charge >= 0.3 is 0 Å². The molecule has 0 radical (unpaired) electrons. The van der Waals surface area contributed by atoms with E-state index in [1.165, 1.54) is 0 Å². The van der Waals surface area contributed by atoms with Gasteiger partial charge in [0.1, 0.15) is 0 Å². The average molecular weight is 346 g/mol. The van der Waals surface area contributed by atoms with Crippen LogP contribution in [0.2, 0.25) is 0 Å². The highest BCUT2D eigenvalue weighted by atomic mass is 16.5. The van der Waals surface area contributed by atoms with Crippen LogP contribution >= 0.6 is 0 Å². The molecule has 3 fully saturated rings. The highest BCUT2D eigenvalue weighted by Crippen LogP contribution is 2.43. The maximum absolute atomic E-state index is 12.7. The first-order chi connectivity index (χ1) is 12.1. The van der Waals surface area contributed by atoms with Crippen LogP contribution in [0.4, 0.5) is 0 Å². The first-order valence-corrected chi connectivity index (χ1v) is 9.23. The van der Waals surface area contributed by atoms with Gasteiger partial charge in [-0.2, -0.15) is 5.10 Å². The number of carbonyl (C=O) groups is 2. The van der Waals surface area contributed by atoms with E-state index in [4.69, 9.17) is 4.74 Å². The summed E-state index contributed by atoms with van der Waals surface area (Å²) in [4.78, 5) is 26.9. The Morgan fingerprint density at radius 2 is 2.04 bits per heavy atom. The summed E-state index contributed by atoms with van der Waals surface area (Å²) in [6, 6.07) is 0. The summed E-state index contributed by atoms with van der Waals surface area (Å²) in [6.45, 7) is 2.81. The lowest BCUT2D eigenvalue weighted by Gasteiger charge is -2.43. The van der Waals surface area contributed by atoms with E-state index < -0.39 is 0 Å². The van der Waals surface area contributed by atoms with Crippen molar-refractivity contribution in [2.45, 2.75) is 43.6 Å². The second kappa shape index (κ2) is 6.44. The van der Waals surface area contributed by atoms with Crippen LogP contribution in [0.25, 0.3) is 0 Å². The van der Waals surface area contributed by atoms with Crippen LogP contribution < -0.4 is 5.32 Å². The van der Waals surface area contributed by atoms with Crippen LogP contribution in [0.5, 0.6) is 0 Å². The number of aromatic nitrogens is 2. The molecular weight excluding hydrogens is 320 g/mol. The Morgan fingerprint density at radius 1 is 1.32 bits per heavy atom. The number of nitrogens with one attached hydrogen (secondary N) is 1. The third-order valence-electron chi connectivity index (χ3n) is 6.11. The van der Waals surface area contributed by atoms with Gasteiger partial charge in [-0.3, -0.25) is 14.3 Å². The van der Waals surface area contributed by atoms with Gasteiger partial charge in [0.2, 0.25) is 11.8 Å². The summed E-state index contributed by atoms with van der Waals surface area (Å²) >= 11 is 0. The molecule has 1 N–H and O–H groups in total. The van der Waals surface area contributed by atoms with Crippen molar-refractivity contribution >= 4 is 11.8 Å². The highest BCUT2D eigenvalue weighted by molar-refractivity contribution is 5.82. The number of ether oxygens (including phenoxy) is 1. The van der Waals surface area contributed by atoms with Crippen LogP contribution in [0.15, 0.2) is 12.4 Å². The van der Waals surface area contributed by atoms with Crippen LogP contribution in [-0.2, 0) is 21.4 Å². The summed E-state index contributed by atoms with van der Waals surface area (Å²) in [5, 5.41) is 7.50. The Bertz CT molecular complexity index is 657. The first-order valence-electron chi connectivity index (χ1n) is 9.23. The summed E-state index contributed by atoms with van der Waals surface area (Å²) in [6.07, 6.45) is 7.67. The Hall–Kier alpha value is -1.89. The molecule has 0 aliphatic carbocycles. The highest BCUT2D eigenvalue weighted by Gasteiger charge is 2.49. The smallest absolute Gasteiger partial charge is 0.225 e. The predicted molar refractivity (Wildman–Crippen MR) is 90.8 cm³/mol. The van der Waals surface area contributed by atoms with Gasteiger partial charge in [0, 0.05) is 57.8 Å². The van der Waals surface area contributed by atoms with E-state index >= 15 is 0 Å². The largest absolute Gasteiger partial charge is 0.381 e. The Morgan fingerprint density at radius 3 is 2.68 bits per heavy atom. The van der Waals surface area contributed by atoms with Crippen molar-refractivity contribution in [1.29, 1.82) is 0 Å². The van der Waals surface area contributed by atoms with Crippen molar-refractivity contribution in [3.05, 3.63) is 18.0 Å². The van der Waals surface area contributed by atoms with Gasteiger partial charge < -0.3 is 15.0 Å². The number of rotatable bonds is 2. The molecule has 1 aromatic heterocycles. The number of carbonyl (C=O) groups excluding carboxylic acids is 2. The van der Waals surface area contributed by atoms with Crippen LogP contribution in [0.1, 0.15) is 43.6 Å². The monoisotopic (exact) mass is 346 g/mol. The minimum Gasteiger partial charge on any atom is -0.381 e. The summed E-state index contributed by atoms with van der Waals surface area (Å²) in [5.74, 6) is 0.627. The van der Waals surface area contributed by atoms with Gasteiger partial charge in [-0.05, 0) is 31.2 Å². The van der Waals surface area contributed by atoms with E-state index in [1.807, 2.05) is 24.3 Å². The van der Waals surface area contributed by atoms with Crippen LogP contribution in [0.3, 0.4) is 0 Å². The fraction of sp³-hybridized carbons (Fsp3) is 0.722. The summed E-state index contributed by atoms with van der Waals surface area (Å²) in [7, 11) is 1.90. The van der Waals surface area contributed by atoms with Gasteiger partial charge in [0.25, 0.3) is 0 Å². The van der Waals surface area contributed by atoms with Crippen molar-refractivity contribution in [3.8, 4) is 0 Å². The van der Waals surface area contributed by atoms with Crippen molar-refractivity contribution < 1.29 is 14.3 Å². The number of hydrogen-bond donors (Lipinski definition) is 1. The standard InChI is InChI=1S/C18H26N4O3/c1-21-12-14(11-19-21)15-10-16(23)20-18(15)4-6-22(7-5-18)17(24)13-2-8-25-9-3-13/h11-13,15H,2-10H2,1H3,(H,20,23)/t15-/m1/s1. The van der Waals surface area contributed by atoms with Gasteiger partial charge in [-0.1, -0.05) is 0 Å². The molecule has 0 aromatic carbocycles. The molecule has 7 heteroatoms. The molecule has 4 heterocycles. The van der Waals surface area contributed by atoms with Gasteiger partial charge in [0.15, 0.2) is 0 Å². The van der Waals surface area contributed by atoms with Crippen molar-refractivity contribution in [1.82, 2.24) is 20.0 Å². The number of likely N-dealkylation sites (tertiary alicyclic amines) is 1. The molecule has 25 heavy (non-hydrogen) atoms. The van der Waals surface area contributed by atoms with Crippen molar-refractivity contribution in [2.24, 2.45) is 13.0 Å². The first kappa shape index (κ1) is 16.6. The Labute approximate surface area is 147 Å². The molecule has 3 aliphatic heterocycles. The van der Waals surface area contributed by atoms with Gasteiger partial charge in [-0.25, -0.2) is 0 Å². The molecule has 1 atom stereocenters. The lowest BCUT2D eigenvalue weighted by Crippen LogP contribution is -2.55. The normalized spacial score (nSPS) is 26.8. The molecule has 0 unspecified atom stereocenters. The second-order valence-electron chi connectivity index (χ2n) is 7.62. The second-order valence-corrected chi connectivity index (χ2v) is 7.62. The molecule has 4 rings (SSSR count). The molecule has 0 saturated carbocycles. The van der Waals surface area contributed by atoms with E-state index in [2.05, 4.69) is 10.4 Å². The number of nitrogens with zero attached hydrogens (tertiary/aromatic N) is 3. The molecule has 0 bridgehead atoms. The fourth-order valence-corrected chi connectivity index (χ4v) is 4.66. The lowest BCUT2D eigenvalue weighted by atomic mass is 9.75. The van der Waals surface area contributed by atoms with Crippen molar-refractivity contribution in [2.75, 3.05) is 26.3 Å². The molecule has 136 valence electrons. The molecule has 1 aromatic rings. The predicted octanol–water partition coefficient (Wildman–Crippen LogP) is 0.811. The molecule has 1 spiro atoms. The molecule has 3 saturated heterocycles. The zero-order valence-corrected chi connectivity index (χ0v) is 14.7. The van der Waals surface area contributed by atoms with E-state index in [0.717, 1.165) is 31.2 Å². The molecular formula is C18H26N4O3. The van der Waals surface area contributed by atoms with Gasteiger partial charge in [-0.15, -0.1) is 0 Å². The fourth-order valence-electron chi connectivity index (χ4n) is 4.66. The Kier molecular flexibility index (Phi) is 4.27. The van der Waals surface area contributed by atoms with E-state index in [-0.39, 0.29) is 29.2 Å². The SMILES string of the molecule is Cn1cc([C@H]2CC(=O)NC23CCN(C(=O)C2CCOCC2)CC3)cn1. The Balaban J connectivity index is 1.45. The summed E-state index contributed by atoms with van der Waals surface area (Å²) in [5.41, 5.74) is 0.886. The van der Waals surface area contributed by atoms with Crippen LogP contribution in [0, 0.1) is 5.92 Å². The lowest BCUT2D eigenvalue weighted by molar-refractivity contribution is -0.140.